The minimum Gasteiger partial charge on any atom is -0.313 e. The highest BCUT2D eigenvalue weighted by atomic mass is 15.3. The molecule has 12 heavy (non-hydrogen) atoms. The summed E-state index contributed by atoms with van der Waals surface area (Å²) in [6, 6.07) is 8.30. The van der Waals surface area contributed by atoms with E-state index in [-0.39, 0.29) is 0 Å². The minimum atomic E-state index is 1.02. The summed E-state index contributed by atoms with van der Waals surface area (Å²) in [6.45, 7) is 4.07. The van der Waals surface area contributed by atoms with E-state index in [1.165, 1.54) is 11.1 Å². The van der Waals surface area contributed by atoms with Crippen LogP contribution in [0.4, 0.5) is 0 Å². The minimum absolute atomic E-state index is 1.02. The zero-order valence-electron chi connectivity index (χ0n) is 7.76. The second-order valence-electron chi connectivity index (χ2n) is 2.79. The number of nitrogens with one attached hydrogen (secondary N) is 1. The van der Waals surface area contributed by atoms with Crippen molar-refractivity contribution in [2.24, 2.45) is 5.10 Å². The molecule has 0 aromatic heterocycles. The van der Waals surface area contributed by atoms with E-state index >= 15 is 0 Å². The molecule has 0 aliphatic rings. The van der Waals surface area contributed by atoms with Crippen LogP contribution in [0.15, 0.2) is 29.4 Å². The van der Waals surface area contributed by atoms with Gasteiger partial charge in [-0.05, 0) is 19.4 Å². The van der Waals surface area contributed by atoms with E-state index in [9.17, 15) is 0 Å². The Hall–Kier alpha value is -1.31. The Morgan fingerprint density at radius 3 is 2.75 bits per heavy atom. The maximum Gasteiger partial charge on any atom is 0.0644 e. The van der Waals surface area contributed by atoms with E-state index in [0.717, 1.165) is 5.71 Å². The molecule has 0 unspecified atom stereocenters. The highest BCUT2D eigenvalue weighted by Crippen LogP contribution is 2.04. The van der Waals surface area contributed by atoms with Crippen molar-refractivity contribution in [3.63, 3.8) is 0 Å². The molecule has 2 heteroatoms. The van der Waals surface area contributed by atoms with Crippen molar-refractivity contribution in [2.45, 2.75) is 13.8 Å². The molecule has 2 nitrogen and oxygen atoms in total. The fourth-order valence-electron chi connectivity index (χ4n) is 1.10. The number of aryl methyl sites for hydroxylation is 1. The first-order chi connectivity index (χ1) is 5.74. The number of rotatable bonds is 2. The standard InChI is InChI=1S/C10H14N2/c1-8-5-4-6-10(7-8)9(2)12-11-3/h4-7,11H,1-3H3/b12-9+. The summed E-state index contributed by atoms with van der Waals surface area (Å²) in [4.78, 5) is 0. The molecule has 64 valence electrons. The Kier molecular flexibility index (Phi) is 2.86. The summed E-state index contributed by atoms with van der Waals surface area (Å²) in [5.41, 5.74) is 6.22. The van der Waals surface area contributed by atoms with Crippen LogP contribution >= 0.6 is 0 Å². The van der Waals surface area contributed by atoms with Crippen LogP contribution in [0, 0.1) is 6.92 Å². The van der Waals surface area contributed by atoms with Crippen molar-refractivity contribution in [3.05, 3.63) is 35.4 Å². The Morgan fingerprint density at radius 2 is 2.17 bits per heavy atom. The van der Waals surface area contributed by atoms with Crippen molar-refractivity contribution in [2.75, 3.05) is 7.05 Å². The van der Waals surface area contributed by atoms with Gasteiger partial charge in [0.15, 0.2) is 0 Å². The van der Waals surface area contributed by atoms with Crippen molar-refractivity contribution < 1.29 is 0 Å². The van der Waals surface area contributed by atoms with E-state index in [1.807, 2.05) is 13.0 Å². The van der Waals surface area contributed by atoms with Crippen LogP contribution in [0.25, 0.3) is 0 Å². The number of benzene rings is 1. The summed E-state index contributed by atoms with van der Waals surface area (Å²) in [7, 11) is 1.80. The van der Waals surface area contributed by atoms with Crippen LogP contribution in [-0.4, -0.2) is 12.8 Å². The highest BCUT2D eigenvalue weighted by Gasteiger charge is 1.95. The molecule has 0 bridgehead atoms. The van der Waals surface area contributed by atoms with Gasteiger partial charge in [0.25, 0.3) is 0 Å². The van der Waals surface area contributed by atoms with Gasteiger partial charge in [0.1, 0.15) is 0 Å². The zero-order chi connectivity index (χ0) is 8.97. The van der Waals surface area contributed by atoms with Gasteiger partial charge in [-0.1, -0.05) is 29.8 Å². The SMILES string of the molecule is CN/N=C(\C)c1cccc(C)c1. The first-order valence-electron chi connectivity index (χ1n) is 4.02. The molecule has 1 rings (SSSR count). The number of nitrogens with zero attached hydrogens (tertiary/aromatic N) is 1. The van der Waals surface area contributed by atoms with Crippen LogP contribution in [0.3, 0.4) is 0 Å². The Labute approximate surface area is 73.3 Å². The van der Waals surface area contributed by atoms with Gasteiger partial charge in [0.05, 0.1) is 5.71 Å². The van der Waals surface area contributed by atoms with Gasteiger partial charge < -0.3 is 5.43 Å². The molecule has 0 radical (unpaired) electrons. The Bertz CT molecular complexity index is 290. The number of hydrogen-bond acceptors (Lipinski definition) is 2. The lowest BCUT2D eigenvalue weighted by Gasteiger charge is -2.00. The van der Waals surface area contributed by atoms with Crippen LogP contribution in [-0.2, 0) is 0 Å². The first kappa shape index (κ1) is 8.78. The first-order valence-corrected chi connectivity index (χ1v) is 4.02. The fraction of sp³-hybridized carbons (Fsp3) is 0.300. The maximum absolute atomic E-state index is 4.10. The average Bonchev–Trinajstić information content (AvgIpc) is 2.05. The third-order valence-corrected chi connectivity index (χ3v) is 1.72. The zero-order valence-corrected chi connectivity index (χ0v) is 7.76. The van der Waals surface area contributed by atoms with Gasteiger partial charge in [-0.3, -0.25) is 0 Å². The lowest BCUT2D eigenvalue weighted by atomic mass is 10.1. The van der Waals surface area contributed by atoms with E-state index in [4.69, 9.17) is 0 Å². The predicted octanol–water partition coefficient (Wildman–Crippen LogP) is 1.94. The Morgan fingerprint density at radius 1 is 1.42 bits per heavy atom. The summed E-state index contributed by atoms with van der Waals surface area (Å²) < 4.78 is 0. The van der Waals surface area contributed by atoms with Crippen molar-refractivity contribution in [1.82, 2.24) is 5.43 Å². The lowest BCUT2D eigenvalue weighted by Crippen LogP contribution is -2.02. The number of hydrogen-bond donors (Lipinski definition) is 1. The number of hydrazone groups is 1. The normalized spacial score (nSPS) is 11.4. The van der Waals surface area contributed by atoms with Crippen molar-refractivity contribution >= 4 is 5.71 Å². The van der Waals surface area contributed by atoms with Gasteiger partial charge >= 0.3 is 0 Å². The summed E-state index contributed by atoms with van der Waals surface area (Å²) in [5.74, 6) is 0. The second kappa shape index (κ2) is 3.90. The van der Waals surface area contributed by atoms with E-state index in [2.05, 4.69) is 35.7 Å². The fourth-order valence-corrected chi connectivity index (χ4v) is 1.10. The van der Waals surface area contributed by atoms with Crippen LogP contribution in [0.2, 0.25) is 0 Å². The topological polar surface area (TPSA) is 24.4 Å². The molecular weight excluding hydrogens is 148 g/mol. The van der Waals surface area contributed by atoms with E-state index in [0.29, 0.717) is 0 Å². The molecular formula is C10H14N2. The van der Waals surface area contributed by atoms with Crippen LogP contribution in [0.1, 0.15) is 18.1 Å². The highest BCUT2D eigenvalue weighted by molar-refractivity contribution is 5.98. The molecule has 0 aliphatic heterocycles. The molecule has 1 aromatic carbocycles. The third kappa shape index (κ3) is 2.09. The summed E-state index contributed by atoms with van der Waals surface area (Å²) in [6.07, 6.45) is 0. The van der Waals surface area contributed by atoms with Crippen LogP contribution < -0.4 is 5.43 Å². The third-order valence-electron chi connectivity index (χ3n) is 1.72. The predicted molar refractivity (Wildman–Crippen MR) is 52.4 cm³/mol. The molecule has 0 fully saturated rings. The van der Waals surface area contributed by atoms with Crippen molar-refractivity contribution in [1.29, 1.82) is 0 Å². The molecule has 0 amide bonds. The smallest absolute Gasteiger partial charge is 0.0644 e. The van der Waals surface area contributed by atoms with Crippen molar-refractivity contribution in [3.8, 4) is 0 Å². The molecule has 0 atom stereocenters. The monoisotopic (exact) mass is 162 g/mol. The molecule has 0 saturated heterocycles. The summed E-state index contributed by atoms with van der Waals surface area (Å²) >= 11 is 0. The lowest BCUT2D eigenvalue weighted by molar-refractivity contribution is 0.899. The van der Waals surface area contributed by atoms with Gasteiger partial charge in [-0.15, -0.1) is 0 Å². The van der Waals surface area contributed by atoms with Gasteiger partial charge in [0.2, 0.25) is 0 Å². The van der Waals surface area contributed by atoms with E-state index in [1.54, 1.807) is 7.05 Å². The van der Waals surface area contributed by atoms with Gasteiger partial charge in [-0.25, -0.2) is 0 Å². The van der Waals surface area contributed by atoms with E-state index < -0.39 is 0 Å². The second-order valence-corrected chi connectivity index (χ2v) is 2.79. The molecule has 1 N–H and O–H groups in total. The van der Waals surface area contributed by atoms with Crippen LogP contribution in [0.5, 0.6) is 0 Å². The molecule has 1 aromatic rings. The maximum atomic E-state index is 4.10. The van der Waals surface area contributed by atoms with Gasteiger partial charge in [0, 0.05) is 7.05 Å². The van der Waals surface area contributed by atoms with Gasteiger partial charge in [-0.2, -0.15) is 5.10 Å². The Balaban J connectivity index is 2.95. The molecule has 0 spiro atoms. The molecule has 0 aliphatic carbocycles. The molecule has 0 heterocycles. The molecule has 0 saturated carbocycles. The largest absolute Gasteiger partial charge is 0.313 e. The quantitative estimate of drug-likeness (QED) is 0.521. The average molecular weight is 162 g/mol. The summed E-state index contributed by atoms with van der Waals surface area (Å²) in [5, 5.41) is 4.10.